The number of amides is 1. The second kappa shape index (κ2) is 6.83. The molecule has 1 aliphatic rings. The minimum atomic E-state index is 0.107. The molecule has 88 valence electrons. The van der Waals surface area contributed by atoms with E-state index in [2.05, 4.69) is 12.2 Å². The first-order valence-electron chi connectivity index (χ1n) is 6.23. The van der Waals surface area contributed by atoms with Crippen molar-refractivity contribution in [3.63, 3.8) is 0 Å². The minimum Gasteiger partial charge on any atom is -0.356 e. The standard InChI is InChI=1S/C12H24N2O/c1-2-10-3-5-11(6-4-10)9-14-12(15)7-8-13/h10-11H,2-9,13H2,1H3,(H,14,15). The number of nitrogens with two attached hydrogens (primary N) is 1. The number of nitrogens with one attached hydrogen (secondary N) is 1. The molecule has 1 saturated carbocycles. The Morgan fingerprint density at radius 1 is 1.27 bits per heavy atom. The molecule has 0 heterocycles. The molecule has 3 nitrogen and oxygen atoms in total. The highest BCUT2D eigenvalue weighted by molar-refractivity contribution is 5.75. The van der Waals surface area contributed by atoms with E-state index in [1.807, 2.05) is 0 Å². The van der Waals surface area contributed by atoms with E-state index < -0.39 is 0 Å². The van der Waals surface area contributed by atoms with E-state index in [1.54, 1.807) is 0 Å². The van der Waals surface area contributed by atoms with E-state index in [1.165, 1.54) is 32.1 Å². The lowest BCUT2D eigenvalue weighted by molar-refractivity contribution is -0.121. The molecule has 1 fully saturated rings. The van der Waals surface area contributed by atoms with E-state index in [0.717, 1.165) is 12.5 Å². The van der Waals surface area contributed by atoms with Crippen LogP contribution in [0, 0.1) is 11.8 Å². The maximum Gasteiger partial charge on any atom is 0.221 e. The molecule has 15 heavy (non-hydrogen) atoms. The third-order valence-electron chi connectivity index (χ3n) is 3.50. The SMILES string of the molecule is CCC1CCC(CNC(=O)CCN)CC1. The summed E-state index contributed by atoms with van der Waals surface area (Å²) in [4.78, 5) is 11.2. The van der Waals surface area contributed by atoms with Crippen LogP contribution in [0.2, 0.25) is 0 Å². The van der Waals surface area contributed by atoms with Crippen LogP contribution in [0.25, 0.3) is 0 Å². The van der Waals surface area contributed by atoms with Gasteiger partial charge < -0.3 is 11.1 Å². The molecule has 0 aliphatic heterocycles. The summed E-state index contributed by atoms with van der Waals surface area (Å²) >= 11 is 0. The first kappa shape index (κ1) is 12.5. The molecule has 1 amide bonds. The van der Waals surface area contributed by atoms with Gasteiger partial charge in [0.1, 0.15) is 0 Å². The average molecular weight is 212 g/mol. The highest BCUT2D eigenvalue weighted by Gasteiger charge is 2.19. The molecule has 1 aliphatic carbocycles. The van der Waals surface area contributed by atoms with Crippen LogP contribution >= 0.6 is 0 Å². The smallest absolute Gasteiger partial charge is 0.221 e. The Hall–Kier alpha value is -0.570. The second-order valence-electron chi connectivity index (χ2n) is 4.64. The fourth-order valence-electron chi connectivity index (χ4n) is 2.32. The zero-order valence-electron chi connectivity index (χ0n) is 9.80. The van der Waals surface area contributed by atoms with Crippen molar-refractivity contribution >= 4 is 5.91 Å². The van der Waals surface area contributed by atoms with E-state index >= 15 is 0 Å². The summed E-state index contributed by atoms with van der Waals surface area (Å²) in [5.74, 6) is 1.74. The highest BCUT2D eigenvalue weighted by Crippen LogP contribution is 2.29. The lowest BCUT2D eigenvalue weighted by Gasteiger charge is -2.27. The van der Waals surface area contributed by atoms with E-state index in [4.69, 9.17) is 5.73 Å². The van der Waals surface area contributed by atoms with Crippen LogP contribution in [0.1, 0.15) is 45.4 Å². The van der Waals surface area contributed by atoms with Crippen LogP contribution in [-0.4, -0.2) is 19.0 Å². The molecule has 0 radical (unpaired) electrons. The van der Waals surface area contributed by atoms with Crippen molar-refractivity contribution in [3.8, 4) is 0 Å². The summed E-state index contributed by atoms with van der Waals surface area (Å²) in [6.45, 7) is 3.58. The number of hydrogen-bond acceptors (Lipinski definition) is 2. The first-order chi connectivity index (χ1) is 7.26. The third-order valence-corrected chi connectivity index (χ3v) is 3.50. The van der Waals surface area contributed by atoms with E-state index in [-0.39, 0.29) is 5.91 Å². The summed E-state index contributed by atoms with van der Waals surface area (Å²) in [6.07, 6.45) is 7.02. The highest BCUT2D eigenvalue weighted by atomic mass is 16.1. The van der Waals surface area contributed by atoms with E-state index in [0.29, 0.717) is 18.9 Å². The molecular formula is C12H24N2O. The topological polar surface area (TPSA) is 55.1 Å². The molecule has 0 unspecified atom stereocenters. The maximum absolute atomic E-state index is 11.2. The van der Waals surface area contributed by atoms with Crippen LogP contribution in [0.15, 0.2) is 0 Å². The Labute approximate surface area is 92.8 Å². The summed E-state index contributed by atoms with van der Waals surface area (Å²) in [5.41, 5.74) is 5.31. The molecule has 1 rings (SSSR count). The van der Waals surface area contributed by atoms with Gasteiger partial charge in [-0.3, -0.25) is 4.79 Å². The van der Waals surface area contributed by atoms with Gasteiger partial charge in [0.15, 0.2) is 0 Å². The zero-order valence-corrected chi connectivity index (χ0v) is 9.80. The van der Waals surface area contributed by atoms with Gasteiger partial charge in [0.2, 0.25) is 5.91 Å². The minimum absolute atomic E-state index is 0.107. The van der Waals surface area contributed by atoms with Crippen LogP contribution in [0.3, 0.4) is 0 Å². The lowest BCUT2D eigenvalue weighted by Crippen LogP contribution is -2.32. The van der Waals surface area contributed by atoms with Crippen LogP contribution < -0.4 is 11.1 Å². The monoisotopic (exact) mass is 212 g/mol. The molecule has 0 bridgehead atoms. The summed E-state index contributed by atoms with van der Waals surface area (Å²) in [5, 5.41) is 2.97. The van der Waals surface area contributed by atoms with Crippen molar-refractivity contribution in [3.05, 3.63) is 0 Å². The van der Waals surface area contributed by atoms with Gasteiger partial charge in [-0.05, 0) is 24.7 Å². The van der Waals surface area contributed by atoms with Gasteiger partial charge in [-0.1, -0.05) is 26.2 Å². The van der Waals surface area contributed by atoms with Gasteiger partial charge in [0.25, 0.3) is 0 Å². The Balaban J connectivity index is 2.10. The van der Waals surface area contributed by atoms with Crippen LogP contribution in [0.5, 0.6) is 0 Å². The van der Waals surface area contributed by atoms with Crippen molar-refractivity contribution in [2.45, 2.75) is 45.4 Å². The third kappa shape index (κ3) is 4.65. The summed E-state index contributed by atoms with van der Waals surface area (Å²) in [6, 6.07) is 0. The van der Waals surface area contributed by atoms with Gasteiger partial charge in [0, 0.05) is 19.5 Å². The Kier molecular flexibility index (Phi) is 5.69. The average Bonchev–Trinajstić information content (AvgIpc) is 2.27. The summed E-state index contributed by atoms with van der Waals surface area (Å²) < 4.78 is 0. The van der Waals surface area contributed by atoms with Gasteiger partial charge >= 0.3 is 0 Å². The normalized spacial score (nSPS) is 26.3. The van der Waals surface area contributed by atoms with Crippen molar-refractivity contribution in [1.82, 2.24) is 5.32 Å². The summed E-state index contributed by atoms with van der Waals surface area (Å²) in [7, 11) is 0. The fourth-order valence-corrected chi connectivity index (χ4v) is 2.32. The van der Waals surface area contributed by atoms with Crippen LogP contribution in [0.4, 0.5) is 0 Å². The maximum atomic E-state index is 11.2. The largest absolute Gasteiger partial charge is 0.356 e. The number of carbonyl (C=O) groups is 1. The molecule has 0 atom stereocenters. The number of carbonyl (C=O) groups excluding carboxylic acids is 1. The fraction of sp³-hybridized carbons (Fsp3) is 0.917. The lowest BCUT2D eigenvalue weighted by atomic mass is 9.81. The molecule has 3 heteroatoms. The van der Waals surface area contributed by atoms with E-state index in [9.17, 15) is 4.79 Å². The molecular weight excluding hydrogens is 188 g/mol. The quantitative estimate of drug-likeness (QED) is 0.728. The molecule has 0 spiro atoms. The van der Waals surface area contributed by atoms with Crippen molar-refractivity contribution in [2.75, 3.05) is 13.1 Å². The van der Waals surface area contributed by atoms with Gasteiger partial charge in [-0.25, -0.2) is 0 Å². The number of rotatable bonds is 5. The second-order valence-corrected chi connectivity index (χ2v) is 4.64. The van der Waals surface area contributed by atoms with Crippen LogP contribution in [-0.2, 0) is 4.79 Å². The van der Waals surface area contributed by atoms with Gasteiger partial charge in [-0.2, -0.15) is 0 Å². The molecule has 0 saturated heterocycles. The van der Waals surface area contributed by atoms with Crippen molar-refractivity contribution in [1.29, 1.82) is 0 Å². The molecule has 0 aromatic rings. The zero-order chi connectivity index (χ0) is 11.1. The molecule has 0 aromatic carbocycles. The Morgan fingerprint density at radius 2 is 1.87 bits per heavy atom. The van der Waals surface area contributed by atoms with Crippen molar-refractivity contribution in [2.24, 2.45) is 17.6 Å². The van der Waals surface area contributed by atoms with Gasteiger partial charge in [0.05, 0.1) is 0 Å². The number of hydrogen-bond donors (Lipinski definition) is 2. The molecule has 0 aromatic heterocycles. The molecule has 3 N–H and O–H groups in total. The Bertz CT molecular complexity index is 186. The van der Waals surface area contributed by atoms with Crippen molar-refractivity contribution < 1.29 is 4.79 Å². The van der Waals surface area contributed by atoms with Gasteiger partial charge in [-0.15, -0.1) is 0 Å². The first-order valence-corrected chi connectivity index (χ1v) is 6.23. The Morgan fingerprint density at radius 3 is 2.40 bits per heavy atom. The predicted octanol–water partition coefficient (Wildman–Crippen LogP) is 1.67. The predicted molar refractivity (Wildman–Crippen MR) is 62.4 cm³/mol.